The number of nitrogens with zero attached hydrogens (tertiary/aromatic N) is 4. The van der Waals surface area contributed by atoms with Gasteiger partial charge in [-0.1, -0.05) is 56.0 Å². The summed E-state index contributed by atoms with van der Waals surface area (Å²) in [5.74, 6) is -0.680. The second kappa shape index (κ2) is 12.4. The van der Waals surface area contributed by atoms with Gasteiger partial charge in [0.15, 0.2) is 11.5 Å². The molecule has 0 bridgehead atoms. The lowest BCUT2D eigenvalue weighted by Crippen LogP contribution is -2.41. The summed E-state index contributed by atoms with van der Waals surface area (Å²) >= 11 is 0. The minimum Gasteiger partial charge on any atom is -0.871 e. The molecule has 0 saturated heterocycles. The number of hydrogen-bond acceptors (Lipinski definition) is 5. The molecule has 2 aromatic carbocycles. The summed E-state index contributed by atoms with van der Waals surface area (Å²) in [7, 11) is 0. The third kappa shape index (κ3) is 5.27. The molecule has 0 radical (unpaired) electrons. The Morgan fingerprint density at radius 2 is 1.37 bits per heavy atom. The molecule has 5 rings (SSSR count). The maximum Gasteiger partial charge on any atom is 0.288 e. The minimum absolute atomic E-state index is 0.0148. The van der Waals surface area contributed by atoms with E-state index < -0.39 is 10.8 Å². The fraction of sp³-hybridized carbons (Fsp3) is 0.421. The molecular weight excluding hydrogens is 576 g/mol. The van der Waals surface area contributed by atoms with Crippen molar-refractivity contribution in [2.75, 3.05) is 44.2 Å². The van der Waals surface area contributed by atoms with Gasteiger partial charge < -0.3 is 19.8 Å². The predicted octanol–water partition coefficient (Wildman–Crippen LogP) is 4.60. The molecular formula is C38H46N4O4. The summed E-state index contributed by atoms with van der Waals surface area (Å²) in [6.07, 6.45) is 3.39. The highest BCUT2D eigenvalue weighted by molar-refractivity contribution is 6.24. The van der Waals surface area contributed by atoms with E-state index in [-0.39, 0.29) is 47.6 Å². The van der Waals surface area contributed by atoms with Crippen molar-refractivity contribution in [1.29, 1.82) is 0 Å². The van der Waals surface area contributed by atoms with Crippen LogP contribution in [-0.2, 0) is 25.2 Å². The summed E-state index contributed by atoms with van der Waals surface area (Å²) < 4.78 is 1.96. The first-order valence-corrected chi connectivity index (χ1v) is 16.4. The van der Waals surface area contributed by atoms with Crippen molar-refractivity contribution in [1.82, 2.24) is 9.80 Å². The highest BCUT2D eigenvalue weighted by Gasteiger charge is 2.47. The van der Waals surface area contributed by atoms with E-state index in [1.807, 2.05) is 85.7 Å². The second-order valence-electron chi connectivity index (χ2n) is 13.1. The molecule has 2 aliphatic heterocycles. The van der Waals surface area contributed by atoms with Crippen LogP contribution in [0.5, 0.6) is 0 Å². The van der Waals surface area contributed by atoms with E-state index in [0.29, 0.717) is 26.2 Å². The van der Waals surface area contributed by atoms with Gasteiger partial charge >= 0.3 is 0 Å². The maximum atomic E-state index is 13.8. The number of rotatable bonds is 10. The fourth-order valence-electron chi connectivity index (χ4n) is 7.14. The van der Waals surface area contributed by atoms with Crippen molar-refractivity contribution < 1.29 is 24.1 Å². The van der Waals surface area contributed by atoms with Crippen molar-refractivity contribution in [2.24, 2.45) is 0 Å². The van der Waals surface area contributed by atoms with Crippen LogP contribution < -0.4 is 10.0 Å². The van der Waals surface area contributed by atoms with Gasteiger partial charge in [-0.25, -0.2) is 0 Å². The zero-order valence-electron chi connectivity index (χ0n) is 28.4. The van der Waals surface area contributed by atoms with Crippen molar-refractivity contribution in [2.45, 2.75) is 66.2 Å². The number of para-hydroxylation sites is 2. The van der Waals surface area contributed by atoms with E-state index in [2.05, 4.69) is 27.7 Å². The van der Waals surface area contributed by atoms with Crippen LogP contribution in [0.25, 0.3) is 0 Å². The molecule has 0 fully saturated rings. The second-order valence-corrected chi connectivity index (χ2v) is 13.1. The number of carbonyl (C=O) groups excluding carboxylic acids is 3. The van der Waals surface area contributed by atoms with Gasteiger partial charge in [-0.05, 0) is 59.2 Å². The van der Waals surface area contributed by atoms with Gasteiger partial charge in [0.05, 0.1) is 5.41 Å². The maximum absolute atomic E-state index is 13.8. The van der Waals surface area contributed by atoms with Crippen LogP contribution in [0.1, 0.15) is 66.5 Å². The molecule has 0 spiro atoms. The predicted molar refractivity (Wildman–Crippen MR) is 180 cm³/mol. The first-order chi connectivity index (χ1) is 21.8. The number of likely N-dealkylation sites (N-methyl/N-ethyl adjacent to an activating group) is 2. The number of Topliss-reactive ketones (excluding diaryl/α,β-unsaturated/α-hetero) is 1. The zero-order chi connectivity index (χ0) is 33.6. The summed E-state index contributed by atoms with van der Waals surface area (Å²) in [6.45, 7) is 18.7. The van der Waals surface area contributed by atoms with Crippen LogP contribution in [0.4, 0.5) is 11.4 Å². The highest BCUT2D eigenvalue weighted by Crippen LogP contribution is 2.49. The van der Waals surface area contributed by atoms with E-state index >= 15 is 0 Å². The van der Waals surface area contributed by atoms with Crippen molar-refractivity contribution >= 4 is 34.7 Å². The molecule has 3 aliphatic rings. The molecule has 8 nitrogen and oxygen atoms in total. The van der Waals surface area contributed by atoms with Crippen LogP contribution in [0.15, 0.2) is 83.3 Å². The van der Waals surface area contributed by atoms with Gasteiger partial charge in [-0.15, -0.1) is 0 Å². The average molecular weight is 623 g/mol. The SMILES string of the molecule is CCN(CC)C(=O)CN1/C(=C/C2=C([O-])C(=C\C3=[N+](CC(=O)N(CC)CC)c4ccccc4C3(C)C)/C2=O)C(C)(C)c2ccccc21. The monoisotopic (exact) mass is 622 g/mol. The van der Waals surface area contributed by atoms with Crippen molar-refractivity contribution in [3.8, 4) is 0 Å². The molecule has 2 amide bonds. The van der Waals surface area contributed by atoms with Gasteiger partial charge in [-0.2, -0.15) is 4.58 Å². The number of anilines is 1. The third-order valence-corrected chi connectivity index (χ3v) is 9.96. The van der Waals surface area contributed by atoms with Gasteiger partial charge in [0, 0.05) is 71.8 Å². The summed E-state index contributed by atoms with van der Waals surface area (Å²) in [4.78, 5) is 45.9. The van der Waals surface area contributed by atoms with Crippen molar-refractivity contribution in [3.05, 3.63) is 94.4 Å². The van der Waals surface area contributed by atoms with Gasteiger partial charge in [0.2, 0.25) is 18.1 Å². The largest absolute Gasteiger partial charge is 0.871 e. The molecule has 0 atom stereocenters. The van der Waals surface area contributed by atoms with E-state index in [0.717, 1.165) is 33.9 Å². The molecule has 0 unspecified atom stereocenters. The smallest absolute Gasteiger partial charge is 0.288 e. The molecule has 0 aromatic heterocycles. The number of fused-ring (bicyclic) bond motifs is 2. The number of allylic oxidation sites excluding steroid dienone is 5. The van der Waals surface area contributed by atoms with Crippen LogP contribution >= 0.6 is 0 Å². The Kier molecular flexibility index (Phi) is 8.86. The number of ketones is 1. The highest BCUT2D eigenvalue weighted by atomic mass is 16.3. The van der Waals surface area contributed by atoms with Gasteiger partial charge in [-0.3, -0.25) is 14.4 Å². The molecule has 2 heterocycles. The Morgan fingerprint density at radius 3 is 1.98 bits per heavy atom. The quantitative estimate of drug-likeness (QED) is 0.286. The molecule has 2 aromatic rings. The lowest BCUT2D eigenvalue weighted by molar-refractivity contribution is -0.426. The summed E-state index contributed by atoms with van der Waals surface area (Å²) in [5.41, 5.74) is 4.56. The van der Waals surface area contributed by atoms with Gasteiger partial charge in [0.1, 0.15) is 6.54 Å². The first kappa shape index (κ1) is 32.9. The van der Waals surface area contributed by atoms with Crippen LogP contribution in [0.3, 0.4) is 0 Å². The standard InChI is InChI=1S/C38H46N4O4/c1-9-39(10-2)33(43)23-41-29-19-15-13-17-27(29)37(5,6)31(41)21-25-35(45)26(36(25)46)22-32-38(7,8)28-18-14-16-20-30(28)42(32)24-34(44)40(11-3)12-4/h13-22H,9-12,23-24H2,1-8H3. The Balaban J connectivity index is 1.58. The topological polar surface area (TPSA) is 87.0 Å². The molecule has 0 saturated carbocycles. The van der Waals surface area contributed by atoms with E-state index in [1.54, 1.807) is 22.0 Å². The number of amides is 2. The third-order valence-electron chi connectivity index (χ3n) is 9.96. The molecule has 1 aliphatic carbocycles. The summed E-state index contributed by atoms with van der Waals surface area (Å²) in [5, 5.41) is 13.8. The molecule has 8 heteroatoms. The van der Waals surface area contributed by atoms with E-state index in [1.165, 1.54) is 0 Å². The average Bonchev–Trinajstić information content (AvgIpc) is 3.38. The lowest BCUT2D eigenvalue weighted by Gasteiger charge is -2.33. The number of carbonyl (C=O) groups is 3. The van der Waals surface area contributed by atoms with Gasteiger partial charge in [0.25, 0.3) is 5.91 Å². The molecule has 0 N–H and O–H groups in total. The molecule has 46 heavy (non-hydrogen) atoms. The number of benzene rings is 2. The van der Waals surface area contributed by atoms with Crippen LogP contribution in [0.2, 0.25) is 0 Å². The normalized spacial score (nSPS) is 19.5. The fourth-order valence-corrected chi connectivity index (χ4v) is 7.14. The van der Waals surface area contributed by atoms with Crippen molar-refractivity contribution in [3.63, 3.8) is 0 Å². The van der Waals surface area contributed by atoms with Crippen LogP contribution in [0, 0.1) is 0 Å². The Labute approximate surface area is 273 Å². The Bertz CT molecular complexity index is 1720. The Morgan fingerprint density at radius 1 is 0.804 bits per heavy atom. The zero-order valence-corrected chi connectivity index (χ0v) is 28.4. The minimum atomic E-state index is -0.529. The van der Waals surface area contributed by atoms with E-state index in [9.17, 15) is 19.5 Å². The Hall–Kier alpha value is -4.46. The summed E-state index contributed by atoms with van der Waals surface area (Å²) in [6, 6.07) is 15.9. The van der Waals surface area contributed by atoms with E-state index in [4.69, 9.17) is 0 Å². The lowest BCUT2D eigenvalue weighted by atomic mass is 9.77. The first-order valence-electron chi connectivity index (χ1n) is 16.4. The molecule has 242 valence electrons. The number of hydrogen-bond donors (Lipinski definition) is 0. The van der Waals surface area contributed by atoms with Crippen LogP contribution in [-0.4, -0.2) is 77.0 Å².